The van der Waals surface area contributed by atoms with Crippen molar-refractivity contribution < 1.29 is 4.74 Å². The predicted octanol–water partition coefficient (Wildman–Crippen LogP) is 5.57. The van der Waals surface area contributed by atoms with E-state index < -0.39 is 0 Å². The Hall–Kier alpha value is -1.00. The molecule has 0 fully saturated rings. The minimum atomic E-state index is 0.334. The summed E-state index contributed by atoms with van der Waals surface area (Å²) in [7, 11) is 1.69. The summed E-state index contributed by atoms with van der Waals surface area (Å²) >= 11 is 5.51. The third-order valence-electron chi connectivity index (χ3n) is 3.98. The smallest absolute Gasteiger partial charge is 0.133 e. The van der Waals surface area contributed by atoms with Crippen LogP contribution in [0, 0.1) is 0 Å². The lowest BCUT2D eigenvalue weighted by atomic mass is 9.99. The zero-order valence-corrected chi connectivity index (χ0v) is 14.8. The molecule has 0 spiro atoms. The van der Waals surface area contributed by atoms with Crippen LogP contribution in [0.1, 0.15) is 41.1 Å². The van der Waals surface area contributed by atoms with E-state index in [-0.39, 0.29) is 0 Å². The Morgan fingerprint density at radius 1 is 1.24 bits per heavy atom. The summed E-state index contributed by atoms with van der Waals surface area (Å²) in [6, 6.07) is 8.85. The van der Waals surface area contributed by atoms with Crippen molar-refractivity contribution >= 4 is 33.0 Å². The summed E-state index contributed by atoms with van der Waals surface area (Å²) in [5, 5.41) is 3.58. The molecule has 1 aromatic carbocycles. The summed E-state index contributed by atoms with van der Waals surface area (Å²) in [4.78, 5) is 3.04. The number of anilines is 1. The number of methoxy groups -OCH3 is 1. The molecular formula is C17H20BrNOS. The molecule has 112 valence electrons. The Morgan fingerprint density at radius 2 is 2.05 bits per heavy atom. The molecule has 4 heteroatoms. The van der Waals surface area contributed by atoms with Crippen LogP contribution in [0.2, 0.25) is 0 Å². The van der Waals surface area contributed by atoms with Gasteiger partial charge in [0.2, 0.25) is 0 Å². The lowest BCUT2D eigenvalue weighted by molar-refractivity contribution is 0.412. The number of ether oxygens (including phenoxy) is 1. The highest BCUT2D eigenvalue weighted by molar-refractivity contribution is 9.10. The SMILES string of the molecule is COc1ccc(NC(C)c2cc3c(s2)CCCC3)cc1Br. The van der Waals surface area contributed by atoms with Crippen LogP contribution in [-0.2, 0) is 12.8 Å². The first-order valence-electron chi connectivity index (χ1n) is 7.39. The molecule has 1 N–H and O–H groups in total. The van der Waals surface area contributed by atoms with Gasteiger partial charge in [0.05, 0.1) is 17.6 Å². The number of aryl methyl sites for hydroxylation is 2. The second-order valence-electron chi connectivity index (χ2n) is 5.52. The monoisotopic (exact) mass is 365 g/mol. The van der Waals surface area contributed by atoms with Crippen LogP contribution in [-0.4, -0.2) is 7.11 Å². The van der Waals surface area contributed by atoms with E-state index in [0.717, 1.165) is 15.9 Å². The third kappa shape index (κ3) is 3.27. The number of hydrogen-bond acceptors (Lipinski definition) is 3. The van der Waals surface area contributed by atoms with E-state index in [9.17, 15) is 0 Å². The number of benzene rings is 1. The van der Waals surface area contributed by atoms with Crippen molar-refractivity contribution in [2.75, 3.05) is 12.4 Å². The second-order valence-corrected chi connectivity index (χ2v) is 7.54. The third-order valence-corrected chi connectivity index (χ3v) is 6.02. The molecule has 0 radical (unpaired) electrons. The van der Waals surface area contributed by atoms with Crippen LogP contribution in [0.25, 0.3) is 0 Å². The molecular weight excluding hydrogens is 346 g/mol. The number of fused-ring (bicyclic) bond motifs is 1. The highest BCUT2D eigenvalue weighted by Gasteiger charge is 2.16. The maximum absolute atomic E-state index is 5.27. The normalized spacial score (nSPS) is 15.4. The molecule has 2 nitrogen and oxygen atoms in total. The van der Waals surface area contributed by atoms with Crippen LogP contribution in [0.5, 0.6) is 5.75 Å². The fraction of sp³-hybridized carbons (Fsp3) is 0.412. The molecule has 0 saturated carbocycles. The van der Waals surface area contributed by atoms with Crippen molar-refractivity contribution in [3.8, 4) is 5.75 Å². The minimum absolute atomic E-state index is 0.334. The van der Waals surface area contributed by atoms with Crippen LogP contribution in [0.3, 0.4) is 0 Å². The van der Waals surface area contributed by atoms with Gasteiger partial charge in [-0.1, -0.05) is 0 Å². The summed E-state index contributed by atoms with van der Waals surface area (Å²) in [6.45, 7) is 2.23. The fourth-order valence-electron chi connectivity index (χ4n) is 2.80. The molecule has 0 saturated heterocycles. The van der Waals surface area contributed by atoms with Crippen LogP contribution >= 0.6 is 27.3 Å². The zero-order valence-electron chi connectivity index (χ0n) is 12.4. The summed E-state index contributed by atoms with van der Waals surface area (Å²) in [6.07, 6.45) is 5.21. The lowest BCUT2D eigenvalue weighted by Gasteiger charge is -2.15. The van der Waals surface area contributed by atoms with E-state index >= 15 is 0 Å². The van der Waals surface area contributed by atoms with Crippen LogP contribution in [0.15, 0.2) is 28.7 Å². The van der Waals surface area contributed by atoms with Gasteiger partial charge < -0.3 is 10.1 Å². The summed E-state index contributed by atoms with van der Waals surface area (Å²) in [5.41, 5.74) is 2.69. The molecule has 0 amide bonds. The van der Waals surface area contributed by atoms with Crippen LogP contribution < -0.4 is 10.1 Å². The summed E-state index contributed by atoms with van der Waals surface area (Å²) in [5.74, 6) is 0.861. The Kier molecular flexibility index (Phi) is 4.55. The average Bonchev–Trinajstić information content (AvgIpc) is 2.91. The Morgan fingerprint density at radius 3 is 2.76 bits per heavy atom. The number of rotatable bonds is 4. The van der Waals surface area contributed by atoms with Crippen molar-refractivity contribution in [2.45, 2.75) is 38.6 Å². The standard InChI is InChI=1S/C17H20BrNOS/c1-11(17-9-12-5-3-4-6-16(12)21-17)19-13-7-8-15(20-2)14(18)10-13/h7-11,19H,3-6H2,1-2H3. The maximum Gasteiger partial charge on any atom is 0.133 e. The van der Waals surface area contributed by atoms with Crippen molar-refractivity contribution in [3.63, 3.8) is 0 Å². The highest BCUT2D eigenvalue weighted by atomic mass is 79.9. The quantitative estimate of drug-likeness (QED) is 0.764. The zero-order chi connectivity index (χ0) is 14.8. The van der Waals surface area contributed by atoms with Gasteiger partial charge in [-0.3, -0.25) is 0 Å². The van der Waals surface area contributed by atoms with Gasteiger partial charge in [-0.2, -0.15) is 0 Å². The van der Waals surface area contributed by atoms with Gasteiger partial charge in [-0.25, -0.2) is 0 Å². The Bertz CT molecular complexity index is 614. The van der Waals surface area contributed by atoms with Gasteiger partial charge in [0.1, 0.15) is 5.75 Å². The van der Waals surface area contributed by atoms with Crippen molar-refractivity contribution in [1.82, 2.24) is 0 Å². The average molecular weight is 366 g/mol. The molecule has 1 unspecified atom stereocenters. The van der Waals surface area contributed by atoms with E-state index in [0.29, 0.717) is 6.04 Å². The van der Waals surface area contributed by atoms with Crippen molar-refractivity contribution in [3.05, 3.63) is 44.1 Å². The first kappa shape index (κ1) is 14.9. The highest BCUT2D eigenvalue weighted by Crippen LogP contribution is 2.35. The van der Waals surface area contributed by atoms with Crippen molar-refractivity contribution in [2.24, 2.45) is 0 Å². The lowest BCUT2D eigenvalue weighted by Crippen LogP contribution is -2.04. The van der Waals surface area contributed by atoms with Crippen molar-refractivity contribution in [1.29, 1.82) is 0 Å². The van der Waals surface area contributed by atoms with E-state index in [2.05, 4.69) is 46.4 Å². The molecule has 3 rings (SSSR count). The molecule has 1 aromatic heterocycles. The van der Waals surface area contributed by atoms with Gasteiger partial charge in [-0.05, 0) is 78.4 Å². The van der Waals surface area contributed by atoms with Gasteiger partial charge in [0.15, 0.2) is 0 Å². The predicted molar refractivity (Wildman–Crippen MR) is 93.7 cm³/mol. The van der Waals surface area contributed by atoms with Gasteiger partial charge in [0.25, 0.3) is 0 Å². The number of hydrogen-bond donors (Lipinski definition) is 1. The van der Waals surface area contributed by atoms with E-state index in [1.54, 1.807) is 17.6 Å². The Balaban J connectivity index is 1.75. The molecule has 1 heterocycles. The largest absolute Gasteiger partial charge is 0.496 e. The summed E-state index contributed by atoms with van der Waals surface area (Å²) < 4.78 is 6.25. The van der Waals surface area contributed by atoms with Gasteiger partial charge >= 0.3 is 0 Å². The molecule has 0 aliphatic heterocycles. The number of halogens is 1. The maximum atomic E-state index is 5.27. The minimum Gasteiger partial charge on any atom is -0.496 e. The Labute approximate surface area is 138 Å². The molecule has 1 aliphatic carbocycles. The topological polar surface area (TPSA) is 21.3 Å². The van der Waals surface area contributed by atoms with E-state index in [1.165, 1.54) is 30.6 Å². The van der Waals surface area contributed by atoms with Crippen LogP contribution in [0.4, 0.5) is 5.69 Å². The first-order valence-corrected chi connectivity index (χ1v) is 9.00. The molecule has 1 atom stereocenters. The number of thiophene rings is 1. The first-order chi connectivity index (χ1) is 10.2. The molecule has 2 aromatic rings. The second kappa shape index (κ2) is 6.41. The molecule has 21 heavy (non-hydrogen) atoms. The fourth-order valence-corrected chi connectivity index (χ4v) is 4.60. The van der Waals surface area contributed by atoms with E-state index in [1.807, 2.05) is 17.4 Å². The van der Waals surface area contributed by atoms with E-state index in [4.69, 9.17) is 4.74 Å². The number of nitrogens with one attached hydrogen (secondary N) is 1. The van der Waals surface area contributed by atoms with Gasteiger partial charge in [-0.15, -0.1) is 11.3 Å². The molecule has 1 aliphatic rings. The molecule has 0 bridgehead atoms. The van der Waals surface area contributed by atoms with Gasteiger partial charge in [0, 0.05) is 15.4 Å².